The number of aromatic nitrogens is 1. The van der Waals surface area contributed by atoms with E-state index in [1.807, 2.05) is 12.1 Å². The summed E-state index contributed by atoms with van der Waals surface area (Å²) in [6, 6.07) is 3.86. The fourth-order valence-corrected chi connectivity index (χ4v) is 4.05. The van der Waals surface area contributed by atoms with Gasteiger partial charge in [0.25, 0.3) is 5.19 Å². The second-order valence-corrected chi connectivity index (χ2v) is 7.08. The number of nitrogens with zero attached hydrogens (tertiary/aromatic N) is 3. The number of thiazole rings is 1. The predicted octanol–water partition coefficient (Wildman–Crippen LogP) is 2.20. The zero-order valence-electron chi connectivity index (χ0n) is 12.9. The predicted molar refractivity (Wildman–Crippen MR) is 92.3 cm³/mol. The number of carbonyl (C=O) groups excluding carboxylic acids is 1. The van der Waals surface area contributed by atoms with Crippen molar-refractivity contribution < 1.29 is 14.3 Å². The first kappa shape index (κ1) is 17.0. The highest BCUT2D eigenvalue weighted by atomic mass is 32.2. The maximum absolute atomic E-state index is 10.9. The molecule has 0 aliphatic carbocycles. The van der Waals surface area contributed by atoms with Crippen LogP contribution in [-0.2, 0) is 11.2 Å². The number of rotatable bonds is 5. The molecule has 1 aliphatic rings. The van der Waals surface area contributed by atoms with Crippen LogP contribution in [0.2, 0.25) is 0 Å². The van der Waals surface area contributed by atoms with Crippen molar-refractivity contribution in [2.24, 2.45) is 5.73 Å². The van der Waals surface area contributed by atoms with Crippen LogP contribution < -0.4 is 10.5 Å². The number of thioether (sulfide) groups is 1. The van der Waals surface area contributed by atoms with Crippen molar-refractivity contribution in [3.63, 3.8) is 0 Å². The van der Waals surface area contributed by atoms with Crippen LogP contribution in [0, 0.1) is 10.7 Å². The number of benzene rings is 1. The van der Waals surface area contributed by atoms with E-state index in [1.165, 1.54) is 11.3 Å². The molecule has 24 heavy (non-hydrogen) atoms. The number of hydrogen-bond acceptors (Lipinski definition) is 8. The summed E-state index contributed by atoms with van der Waals surface area (Å²) in [5, 5.41) is 11.2. The monoisotopic (exact) mass is 364 g/mol. The van der Waals surface area contributed by atoms with Crippen molar-refractivity contribution in [2.45, 2.75) is 11.3 Å². The summed E-state index contributed by atoms with van der Waals surface area (Å²) in [6.07, 6.45) is -0.0775. The molecule has 1 aliphatic heterocycles. The quantitative estimate of drug-likeness (QED) is 0.641. The van der Waals surface area contributed by atoms with E-state index in [0.29, 0.717) is 0 Å². The summed E-state index contributed by atoms with van der Waals surface area (Å²) in [7, 11) is 0. The van der Waals surface area contributed by atoms with Crippen molar-refractivity contribution in [2.75, 3.05) is 32.8 Å². The molecule has 1 fully saturated rings. The molecule has 1 saturated heterocycles. The lowest BCUT2D eigenvalue weighted by Crippen LogP contribution is -2.37. The highest BCUT2D eigenvalue weighted by Gasteiger charge is 2.15. The number of hydrogen-bond donors (Lipinski definition) is 1. The number of nitriles is 1. The van der Waals surface area contributed by atoms with Gasteiger partial charge in [-0.05, 0) is 35.9 Å². The average molecular weight is 364 g/mol. The molecule has 1 aromatic carbocycles. The highest BCUT2D eigenvalue weighted by Crippen LogP contribution is 2.34. The van der Waals surface area contributed by atoms with Gasteiger partial charge in [0.1, 0.15) is 5.40 Å². The summed E-state index contributed by atoms with van der Waals surface area (Å²) < 4.78 is 11.1. The van der Waals surface area contributed by atoms with Crippen molar-refractivity contribution in [3.05, 3.63) is 17.7 Å². The number of thiocyanates is 1. The van der Waals surface area contributed by atoms with Gasteiger partial charge in [0.05, 0.1) is 23.4 Å². The van der Waals surface area contributed by atoms with Gasteiger partial charge in [0.15, 0.2) is 0 Å². The third-order valence-corrected chi connectivity index (χ3v) is 5.12. The molecule has 0 bridgehead atoms. The molecule has 3 rings (SSSR count). The second kappa shape index (κ2) is 7.81. The van der Waals surface area contributed by atoms with E-state index in [1.54, 1.807) is 0 Å². The Morgan fingerprint density at radius 2 is 2.29 bits per heavy atom. The van der Waals surface area contributed by atoms with Gasteiger partial charge in [-0.3, -0.25) is 4.90 Å². The fourth-order valence-electron chi connectivity index (χ4n) is 2.59. The molecule has 1 aromatic heterocycles. The molecule has 0 atom stereocenters. The molecular formula is C15H16N4O3S2. The van der Waals surface area contributed by atoms with Crippen LogP contribution in [0.4, 0.5) is 4.79 Å². The molecule has 0 unspecified atom stereocenters. The van der Waals surface area contributed by atoms with E-state index in [9.17, 15) is 4.79 Å². The molecule has 0 spiro atoms. The minimum Gasteiger partial charge on any atom is -0.381 e. The van der Waals surface area contributed by atoms with Crippen LogP contribution in [0.5, 0.6) is 5.19 Å². The van der Waals surface area contributed by atoms with E-state index in [-0.39, 0.29) is 5.19 Å². The smallest absolute Gasteiger partial charge is 0.381 e. The van der Waals surface area contributed by atoms with E-state index >= 15 is 0 Å². The first-order valence-electron chi connectivity index (χ1n) is 7.42. The number of amides is 1. The number of fused-ring (bicyclic) bond motifs is 1. The number of carbonyl (C=O) groups is 1. The standard InChI is InChI=1S/C15H16N4O3S2/c16-9-23-11-7-10(1-2-19-3-5-21-6-4-19)13-12(8-11)24-15(18-13)22-14(17)20/h7-8H,1-6H2,(H2,17,20). The second-order valence-electron chi connectivity index (χ2n) is 5.23. The van der Waals surface area contributed by atoms with E-state index < -0.39 is 6.09 Å². The summed E-state index contributed by atoms with van der Waals surface area (Å²) >= 11 is 2.36. The van der Waals surface area contributed by atoms with Gasteiger partial charge in [0, 0.05) is 24.5 Å². The zero-order valence-corrected chi connectivity index (χ0v) is 14.5. The van der Waals surface area contributed by atoms with E-state index in [2.05, 4.69) is 15.3 Å². The molecule has 2 N–H and O–H groups in total. The van der Waals surface area contributed by atoms with Crippen LogP contribution in [0.1, 0.15) is 5.56 Å². The first-order chi connectivity index (χ1) is 11.7. The average Bonchev–Trinajstić information content (AvgIpc) is 2.95. The Labute approximate surface area is 147 Å². The molecule has 2 heterocycles. The Hall–Kier alpha value is -1.86. The van der Waals surface area contributed by atoms with Crippen molar-refractivity contribution >= 4 is 39.4 Å². The van der Waals surface area contributed by atoms with Crippen LogP contribution in [0.25, 0.3) is 10.2 Å². The summed E-state index contributed by atoms with van der Waals surface area (Å²) in [5.41, 5.74) is 6.89. The largest absolute Gasteiger partial charge is 0.411 e. The van der Waals surface area contributed by atoms with Gasteiger partial charge in [-0.25, -0.2) is 9.78 Å². The molecule has 1 amide bonds. The van der Waals surface area contributed by atoms with Crippen LogP contribution in [0.15, 0.2) is 17.0 Å². The third kappa shape index (κ3) is 4.15. The van der Waals surface area contributed by atoms with Crippen LogP contribution >= 0.6 is 23.1 Å². The molecule has 2 aromatic rings. The lowest BCUT2D eigenvalue weighted by molar-refractivity contribution is 0.0385. The maximum Gasteiger partial charge on any atom is 0.411 e. The van der Waals surface area contributed by atoms with Crippen molar-refractivity contribution in [1.29, 1.82) is 5.26 Å². The number of morpholine rings is 1. The Balaban J connectivity index is 1.86. The van der Waals surface area contributed by atoms with Crippen LogP contribution in [-0.4, -0.2) is 48.8 Å². The van der Waals surface area contributed by atoms with Gasteiger partial charge < -0.3 is 15.2 Å². The van der Waals surface area contributed by atoms with Crippen LogP contribution in [0.3, 0.4) is 0 Å². The molecule has 0 saturated carbocycles. The Bertz CT molecular complexity index is 781. The van der Waals surface area contributed by atoms with Gasteiger partial charge >= 0.3 is 6.09 Å². The van der Waals surface area contributed by atoms with Gasteiger partial charge in [0.2, 0.25) is 0 Å². The van der Waals surface area contributed by atoms with Gasteiger partial charge in [-0.15, -0.1) is 0 Å². The molecular weight excluding hydrogens is 348 g/mol. The van der Waals surface area contributed by atoms with Crippen molar-refractivity contribution in [3.8, 4) is 10.6 Å². The molecule has 7 nitrogen and oxygen atoms in total. The highest BCUT2D eigenvalue weighted by molar-refractivity contribution is 8.03. The summed E-state index contributed by atoms with van der Waals surface area (Å²) in [4.78, 5) is 18.5. The normalized spacial score (nSPS) is 15.3. The lowest BCUT2D eigenvalue weighted by atomic mass is 10.1. The molecule has 0 radical (unpaired) electrons. The molecule has 9 heteroatoms. The summed E-state index contributed by atoms with van der Waals surface area (Å²) in [5.74, 6) is 0. The molecule has 126 valence electrons. The van der Waals surface area contributed by atoms with Gasteiger partial charge in [-0.1, -0.05) is 11.3 Å². The Kier molecular flexibility index (Phi) is 5.52. The number of ether oxygens (including phenoxy) is 2. The van der Waals surface area contributed by atoms with E-state index in [0.717, 1.165) is 71.7 Å². The SMILES string of the molecule is N#CSc1cc(CCN2CCOCC2)c2nc(OC(N)=O)sc2c1. The minimum absolute atomic E-state index is 0.226. The van der Waals surface area contributed by atoms with Crippen molar-refractivity contribution in [1.82, 2.24) is 9.88 Å². The Morgan fingerprint density at radius 3 is 3.00 bits per heavy atom. The first-order valence-corrected chi connectivity index (χ1v) is 9.06. The number of nitrogens with two attached hydrogens (primary N) is 1. The lowest BCUT2D eigenvalue weighted by Gasteiger charge is -2.26. The number of primary amides is 1. The minimum atomic E-state index is -0.879. The fraction of sp³-hybridized carbons (Fsp3) is 0.400. The Morgan fingerprint density at radius 1 is 1.50 bits per heavy atom. The zero-order chi connectivity index (χ0) is 16.9. The third-order valence-electron chi connectivity index (χ3n) is 3.68. The van der Waals surface area contributed by atoms with E-state index in [4.69, 9.17) is 20.5 Å². The maximum atomic E-state index is 10.9. The van der Waals surface area contributed by atoms with Gasteiger partial charge in [-0.2, -0.15) is 5.26 Å². The summed E-state index contributed by atoms with van der Waals surface area (Å²) in [6.45, 7) is 4.24. The topological polar surface area (TPSA) is 101 Å².